The molecule has 2 nitrogen and oxygen atoms in total. The quantitative estimate of drug-likeness (QED) is 0.838. The molecule has 0 aliphatic carbocycles. The van der Waals surface area contributed by atoms with Gasteiger partial charge in [0, 0.05) is 11.1 Å². The number of ether oxygens (including phenoxy) is 1. The fraction of sp³-hybridized carbons (Fsp3) is 0.400. The van der Waals surface area contributed by atoms with Crippen molar-refractivity contribution >= 4 is 27.5 Å². The lowest BCUT2D eigenvalue weighted by Gasteiger charge is -2.07. The Morgan fingerprint density at radius 1 is 1.36 bits per heavy atom. The molecule has 0 amide bonds. The molecule has 14 heavy (non-hydrogen) atoms. The lowest BCUT2D eigenvalue weighted by atomic mass is 10.3. The predicted octanol–water partition coefficient (Wildman–Crippen LogP) is 3.25. The molecule has 0 aromatic heterocycles. The topological polar surface area (TPSA) is 29.5 Å². The Kier molecular flexibility index (Phi) is 5.30. The van der Waals surface area contributed by atoms with Crippen molar-refractivity contribution < 1.29 is 9.84 Å². The number of hydrogen-bond donors (Lipinski definition) is 1. The minimum Gasteiger partial charge on any atom is -0.492 e. The third kappa shape index (κ3) is 3.86. The fourth-order valence-corrected chi connectivity index (χ4v) is 1.72. The van der Waals surface area contributed by atoms with E-state index in [4.69, 9.17) is 21.4 Å². The second-order valence-electron chi connectivity index (χ2n) is 2.85. The van der Waals surface area contributed by atoms with Crippen LogP contribution in [0.5, 0.6) is 5.75 Å². The SMILES string of the molecule is OCCCCOc1ccc(Br)cc1Cl. The van der Waals surface area contributed by atoms with Crippen LogP contribution in [0.15, 0.2) is 22.7 Å². The first kappa shape index (κ1) is 11.8. The first-order chi connectivity index (χ1) is 6.74. The number of aliphatic hydroxyl groups excluding tert-OH is 1. The van der Waals surface area contributed by atoms with Gasteiger partial charge in [-0.1, -0.05) is 27.5 Å². The standard InChI is InChI=1S/C10H12BrClO2/c11-8-3-4-10(9(12)7-8)14-6-2-1-5-13/h3-4,7,13H,1-2,5-6H2. The third-order valence-electron chi connectivity index (χ3n) is 1.70. The summed E-state index contributed by atoms with van der Waals surface area (Å²) >= 11 is 9.25. The van der Waals surface area contributed by atoms with E-state index in [-0.39, 0.29) is 6.61 Å². The number of unbranched alkanes of at least 4 members (excludes halogenated alkanes) is 1. The van der Waals surface area contributed by atoms with Crippen LogP contribution in [0.3, 0.4) is 0 Å². The molecule has 0 aliphatic rings. The van der Waals surface area contributed by atoms with Crippen molar-refractivity contribution in [2.75, 3.05) is 13.2 Å². The zero-order chi connectivity index (χ0) is 10.4. The molecule has 0 heterocycles. The normalized spacial score (nSPS) is 10.2. The van der Waals surface area contributed by atoms with E-state index < -0.39 is 0 Å². The number of rotatable bonds is 5. The molecule has 1 rings (SSSR count). The Morgan fingerprint density at radius 3 is 2.79 bits per heavy atom. The van der Waals surface area contributed by atoms with Crippen molar-refractivity contribution in [3.05, 3.63) is 27.7 Å². The predicted molar refractivity (Wildman–Crippen MR) is 61.0 cm³/mol. The van der Waals surface area contributed by atoms with Gasteiger partial charge in [-0.3, -0.25) is 0 Å². The van der Waals surface area contributed by atoms with E-state index in [0.717, 1.165) is 17.3 Å². The van der Waals surface area contributed by atoms with Crippen LogP contribution >= 0.6 is 27.5 Å². The lowest BCUT2D eigenvalue weighted by molar-refractivity contribution is 0.253. The second-order valence-corrected chi connectivity index (χ2v) is 4.18. The molecule has 1 N–H and O–H groups in total. The fourth-order valence-electron chi connectivity index (χ4n) is 0.988. The Labute approximate surface area is 97.0 Å². The van der Waals surface area contributed by atoms with Crippen LogP contribution < -0.4 is 4.74 Å². The van der Waals surface area contributed by atoms with Crippen molar-refractivity contribution in [1.29, 1.82) is 0 Å². The van der Waals surface area contributed by atoms with Gasteiger partial charge >= 0.3 is 0 Å². The smallest absolute Gasteiger partial charge is 0.137 e. The first-order valence-electron chi connectivity index (χ1n) is 4.43. The Hall–Kier alpha value is -0.250. The number of benzene rings is 1. The van der Waals surface area contributed by atoms with E-state index in [1.165, 1.54) is 0 Å². The maximum atomic E-state index is 8.57. The average molecular weight is 280 g/mol. The molecular formula is C10H12BrClO2. The molecule has 0 unspecified atom stereocenters. The van der Waals surface area contributed by atoms with Gasteiger partial charge in [0.25, 0.3) is 0 Å². The van der Waals surface area contributed by atoms with Crippen molar-refractivity contribution in [2.24, 2.45) is 0 Å². The molecule has 0 radical (unpaired) electrons. The van der Waals surface area contributed by atoms with Crippen LogP contribution in [-0.2, 0) is 0 Å². The summed E-state index contributed by atoms with van der Waals surface area (Å²) in [5, 5.41) is 9.17. The van der Waals surface area contributed by atoms with E-state index in [1.807, 2.05) is 12.1 Å². The second kappa shape index (κ2) is 6.27. The minimum atomic E-state index is 0.206. The summed E-state index contributed by atoms with van der Waals surface area (Å²) in [6.45, 7) is 0.791. The van der Waals surface area contributed by atoms with E-state index in [2.05, 4.69) is 15.9 Å². The maximum Gasteiger partial charge on any atom is 0.137 e. The molecule has 0 fully saturated rings. The lowest BCUT2D eigenvalue weighted by Crippen LogP contribution is -1.98. The van der Waals surface area contributed by atoms with Crippen LogP contribution in [0.1, 0.15) is 12.8 Å². The molecule has 0 saturated carbocycles. The average Bonchev–Trinajstić information content (AvgIpc) is 2.15. The zero-order valence-electron chi connectivity index (χ0n) is 7.67. The summed E-state index contributed by atoms with van der Waals surface area (Å²) in [6, 6.07) is 5.50. The van der Waals surface area contributed by atoms with Gasteiger partial charge in [0.05, 0.1) is 11.6 Å². The van der Waals surface area contributed by atoms with Crippen molar-refractivity contribution in [2.45, 2.75) is 12.8 Å². The largest absolute Gasteiger partial charge is 0.492 e. The summed E-state index contributed by atoms with van der Waals surface area (Å²) in [7, 11) is 0. The molecule has 0 aliphatic heterocycles. The molecular weight excluding hydrogens is 267 g/mol. The summed E-state index contributed by atoms with van der Waals surface area (Å²) in [5.74, 6) is 0.688. The molecule has 0 bridgehead atoms. The summed E-state index contributed by atoms with van der Waals surface area (Å²) in [5.41, 5.74) is 0. The van der Waals surface area contributed by atoms with Crippen LogP contribution in [0, 0.1) is 0 Å². The monoisotopic (exact) mass is 278 g/mol. The van der Waals surface area contributed by atoms with E-state index in [1.54, 1.807) is 6.07 Å². The third-order valence-corrected chi connectivity index (χ3v) is 2.49. The minimum absolute atomic E-state index is 0.206. The van der Waals surface area contributed by atoms with E-state index in [0.29, 0.717) is 17.4 Å². The Morgan fingerprint density at radius 2 is 2.14 bits per heavy atom. The van der Waals surface area contributed by atoms with Crippen LogP contribution in [0.2, 0.25) is 5.02 Å². The number of hydrogen-bond acceptors (Lipinski definition) is 2. The zero-order valence-corrected chi connectivity index (χ0v) is 10.0. The van der Waals surface area contributed by atoms with Crippen LogP contribution in [0.4, 0.5) is 0 Å². The van der Waals surface area contributed by atoms with Gasteiger partial charge in [0.1, 0.15) is 5.75 Å². The van der Waals surface area contributed by atoms with Crippen molar-refractivity contribution in [1.82, 2.24) is 0 Å². The van der Waals surface area contributed by atoms with E-state index >= 15 is 0 Å². The Balaban J connectivity index is 2.42. The van der Waals surface area contributed by atoms with Gasteiger partial charge in [-0.25, -0.2) is 0 Å². The van der Waals surface area contributed by atoms with E-state index in [9.17, 15) is 0 Å². The van der Waals surface area contributed by atoms with Crippen LogP contribution in [0.25, 0.3) is 0 Å². The molecule has 78 valence electrons. The van der Waals surface area contributed by atoms with Crippen molar-refractivity contribution in [3.63, 3.8) is 0 Å². The molecule has 1 aromatic carbocycles. The van der Waals surface area contributed by atoms with Gasteiger partial charge in [0.15, 0.2) is 0 Å². The molecule has 0 saturated heterocycles. The molecule has 4 heteroatoms. The molecule has 0 spiro atoms. The molecule has 0 atom stereocenters. The highest BCUT2D eigenvalue weighted by atomic mass is 79.9. The summed E-state index contributed by atoms with van der Waals surface area (Å²) in [4.78, 5) is 0. The number of aliphatic hydroxyl groups is 1. The summed E-state index contributed by atoms with van der Waals surface area (Å²) < 4.78 is 6.37. The van der Waals surface area contributed by atoms with Gasteiger partial charge in [0.2, 0.25) is 0 Å². The van der Waals surface area contributed by atoms with Crippen molar-refractivity contribution in [3.8, 4) is 5.75 Å². The van der Waals surface area contributed by atoms with Gasteiger partial charge in [-0.05, 0) is 31.0 Å². The molecule has 1 aromatic rings. The first-order valence-corrected chi connectivity index (χ1v) is 5.60. The summed E-state index contributed by atoms with van der Waals surface area (Å²) in [6.07, 6.45) is 1.59. The number of halogens is 2. The van der Waals surface area contributed by atoms with Gasteiger partial charge in [-0.2, -0.15) is 0 Å². The van der Waals surface area contributed by atoms with Gasteiger partial charge < -0.3 is 9.84 Å². The maximum absolute atomic E-state index is 8.57. The Bertz CT molecular complexity index is 291. The highest BCUT2D eigenvalue weighted by molar-refractivity contribution is 9.10. The highest BCUT2D eigenvalue weighted by Crippen LogP contribution is 2.27. The van der Waals surface area contributed by atoms with Gasteiger partial charge in [-0.15, -0.1) is 0 Å². The highest BCUT2D eigenvalue weighted by Gasteiger charge is 2.01. The van der Waals surface area contributed by atoms with Crippen LogP contribution in [-0.4, -0.2) is 18.3 Å².